The lowest BCUT2D eigenvalue weighted by molar-refractivity contribution is 0.0964. The zero-order valence-corrected chi connectivity index (χ0v) is 13.7. The number of nitrogens with zero attached hydrogens (tertiary/aromatic N) is 2. The summed E-state index contributed by atoms with van der Waals surface area (Å²) in [7, 11) is 0. The van der Waals surface area contributed by atoms with Crippen molar-refractivity contribution < 1.29 is 14.3 Å². The molecule has 1 amide bonds. The predicted octanol–water partition coefficient (Wildman–Crippen LogP) is 2.55. The number of aromatic nitrogens is 2. The van der Waals surface area contributed by atoms with Gasteiger partial charge >= 0.3 is 6.09 Å². The van der Waals surface area contributed by atoms with Gasteiger partial charge in [0, 0.05) is 29.0 Å². The van der Waals surface area contributed by atoms with Crippen LogP contribution in [-0.4, -0.2) is 28.2 Å². The molecule has 0 fully saturated rings. The molecule has 0 aliphatic carbocycles. The van der Waals surface area contributed by atoms with Crippen molar-refractivity contribution in [2.24, 2.45) is 0 Å². The van der Waals surface area contributed by atoms with Crippen LogP contribution in [-0.2, 0) is 11.3 Å². The number of carbonyl (C=O) groups is 2. The van der Waals surface area contributed by atoms with Gasteiger partial charge in [0.2, 0.25) is 0 Å². The highest BCUT2D eigenvalue weighted by atomic mass is 16.5. The molecule has 2 aromatic heterocycles. The summed E-state index contributed by atoms with van der Waals surface area (Å²) in [6.45, 7) is 2.21. The lowest BCUT2D eigenvalue weighted by Crippen LogP contribution is -2.24. The Kier molecular flexibility index (Phi) is 4.65. The Labute approximate surface area is 144 Å². The van der Waals surface area contributed by atoms with E-state index < -0.39 is 6.09 Å². The minimum atomic E-state index is -0.518. The minimum Gasteiger partial charge on any atom is -0.450 e. The van der Waals surface area contributed by atoms with Crippen molar-refractivity contribution in [2.45, 2.75) is 13.5 Å². The SMILES string of the molecule is CCOC(=O)NCc1cc(C(=O)n2ccc3cc(N)ccc32)ccn1. The normalized spacial score (nSPS) is 10.6. The van der Waals surface area contributed by atoms with E-state index in [9.17, 15) is 9.59 Å². The first-order valence-electron chi connectivity index (χ1n) is 7.85. The second kappa shape index (κ2) is 7.04. The maximum atomic E-state index is 12.8. The van der Waals surface area contributed by atoms with Crippen LogP contribution in [0, 0.1) is 0 Å². The lowest BCUT2D eigenvalue weighted by Gasteiger charge is -2.08. The molecule has 0 unspecified atom stereocenters. The Bertz CT molecular complexity index is 933. The largest absolute Gasteiger partial charge is 0.450 e. The van der Waals surface area contributed by atoms with Crippen LogP contribution >= 0.6 is 0 Å². The number of amides is 1. The Balaban J connectivity index is 1.82. The monoisotopic (exact) mass is 338 g/mol. The first-order chi connectivity index (χ1) is 12.1. The van der Waals surface area contributed by atoms with Crippen molar-refractivity contribution in [1.82, 2.24) is 14.9 Å². The molecule has 0 atom stereocenters. The molecule has 25 heavy (non-hydrogen) atoms. The fourth-order valence-electron chi connectivity index (χ4n) is 2.53. The van der Waals surface area contributed by atoms with Crippen molar-refractivity contribution in [3.05, 3.63) is 60.0 Å². The van der Waals surface area contributed by atoms with Gasteiger partial charge in [0.15, 0.2) is 0 Å². The molecule has 7 nitrogen and oxygen atoms in total. The van der Waals surface area contributed by atoms with Crippen LogP contribution in [0.4, 0.5) is 10.5 Å². The van der Waals surface area contributed by atoms with E-state index in [1.54, 1.807) is 42.1 Å². The Hall–Kier alpha value is -3.35. The third-order valence-electron chi connectivity index (χ3n) is 3.69. The molecule has 128 valence electrons. The molecule has 0 saturated heterocycles. The molecule has 3 rings (SSSR count). The van der Waals surface area contributed by atoms with Gasteiger partial charge in [-0.2, -0.15) is 0 Å². The molecule has 0 radical (unpaired) electrons. The first-order valence-corrected chi connectivity index (χ1v) is 7.85. The van der Waals surface area contributed by atoms with Crippen LogP contribution in [0.1, 0.15) is 23.0 Å². The van der Waals surface area contributed by atoms with Gasteiger partial charge < -0.3 is 15.8 Å². The fourth-order valence-corrected chi connectivity index (χ4v) is 2.53. The highest BCUT2D eigenvalue weighted by molar-refractivity contribution is 6.02. The minimum absolute atomic E-state index is 0.181. The summed E-state index contributed by atoms with van der Waals surface area (Å²) in [6, 6.07) is 10.5. The molecule has 0 spiro atoms. The average molecular weight is 338 g/mol. The van der Waals surface area contributed by atoms with E-state index in [1.165, 1.54) is 0 Å². The molecule has 3 aromatic rings. The summed E-state index contributed by atoms with van der Waals surface area (Å²) in [5.74, 6) is -0.181. The van der Waals surface area contributed by atoms with Gasteiger partial charge in [-0.3, -0.25) is 14.3 Å². The van der Waals surface area contributed by atoms with Crippen LogP contribution in [0.2, 0.25) is 0 Å². The Morgan fingerprint density at radius 3 is 2.88 bits per heavy atom. The second-order valence-electron chi connectivity index (χ2n) is 5.42. The number of carbonyl (C=O) groups excluding carboxylic acids is 2. The van der Waals surface area contributed by atoms with E-state index in [-0.39, 0.29) is 12.5 Å². The molecule has 7 heteroatoms. The van der Waals surface area contributed by atoms with E-state index in [1.807, 2.05) is 18.2 Å². The maximum absolute atomic E-state index is 12.8. The van der Waals surface area contributed by atoms with Gasteiger partial charge in [-0.05, 0) is 43.3 Å². The summed E-state index contributed by atoms with van der Waals surface area (Å²) in [6.07, 6.45) is 2.73. The predicted molar refractivity (Wildman–Crippen MR) is 94.2 cm³/mol. The average Bonchev–Trinajstić information content (AvgIpc) is 3.02. The molecule has 0 saturated carbocycles. The van der Waals surface area contributed by atoms with Gasteiger partial charge in [0.1, 0.15) is 0 Å². The zero-order valence-electron chi connectivity index (χ0n) is 13.7. The van der Waals surface area contributed by atoms with Crippen LogP contribution in [0.5, 0.6) is 0 Å². The number of nitrogens with one attached hydrogen (secondary N) is 1. The van der Waals surface area contributed by atoms with E-state index >= 15 is 0 Å². The number of hydrogen-bond acceptors (Lipinski definition) is 5. The van der Waals surface area contributed by atoms with E-state index in [0.717, 1.165) is 10.9 Å². The molecule has 3 N–H and O–H groups in total. The lowest BCUT2D eigenvalue weighted by atomic mass is 10.2. The highest BCUT2D eigenvalue weighted by Gasteiger charge is 2.13. The second-order valence-corrected chi connectivity index (χ2v) is 5.42. The number of nitrogen functional groups attached to an aromatic ring is 1. The quantitative estimate of drug-likeness (QED) is 0.712. The third kappa shape index (κ3) is 3.60. The Morgan fingerprint density at radius 1 is 1.24 bits per heavy atom. The summed E-state index contributed by atoms with van der Waals surface area (Å²) < 4.78 is 6.36. The molecular formula is C18H18N4O3. The summed E-state index contributed by atoms with van der Waals surface area (Å²) in [4.78, 5) is 28.3. The standard InChI is InChI=1S/C18H18N4O3/c1-2-25-18(24)21-11-15-10-13(5-7-20-15)17(23)22-8-6-12-9-14(19)3-4-16(12)22/h3-10H,2,11,19H2,1H3,(H,21,24). The maximum Gasteiger partial charge on any atom is 0.407 e. The molecule has 0 aliphatic rings. The van der Waals surface area contributed by atoms with Gasteiger partial charge in [0.05, 0.1) is 24.4 Å². The first kappa shape index (κ1) is 16.5. The van der Waals surface area contributed by atoms with E-state index in [4.69, 9.17) is 10.5 Å². The molecule has 1 aromatic carbocycles. The Morgan fingerprint density at radius 2 is 2.08 bits per heavy atom. The number of alkyl carbamates (subject to hydrolysis) is 1. The summed E-state index contributed by atoms with van der Waals surface area (Å²) in [5.41, 5.74) is 8.25. The number of pyridine rings is 1. The number of rotatable bonds is 4. The van der Waals surface area contributed by atoms with Crippen molar-refractivity contribution in [1.29, 1.82) is 0 Å². The number of benzene rings is 1. The van der Waals surface area contributed by atoms with Gasteiger partial charge in [0.25, 0.3) is 5.91 Å². The molecule has 0 bridgehead atoms. The van der Waals surface area contributed by atoms with Crippen molar-refractivity contribution in [3.8, 4) is 0 Å². The molecular weight excluding hydrogens is 320 g/mol. The molecule has 2 heterocycles. The zero-order chi connectivity index (χ0) is 17.8. The van der Waals surface area contributed by atoms with E-state index in [2.05, 4.69) is 10.3 Å². The van der Waals surface area contributed by atoms with Crippen molar-refractivity contribution >= 4 is 28.6 Å². The van der Waals surface area contributed by atoms with Crippen molar-refractivity contribution in [2.75, 3.05) is 12.3 Å². The van der Waals surface area contributed by atoms with Crippen LogP contribution < -0.4 is 11.1 Å². The third-order valence-corrected chi connectivity index (χ3v) is 3.69. The number of hydrogen-bond donors (Lipinski definition) is 2. The fraction of sp³-hybridized carbons (Fsp3) is 0.167. The number of anilines is 1. The van der Waals surface area contributed by atoms with Gasteiger partial charge in [-0.25, -0.2) is 4.79 Å². The van der Waals surface area contributed by atoms with Crippen LogP contribution in [0.3, 0.4) is 0 Å². The number of ether oxygens (including phenoxy) is 1. The van der Waals surface area contributed by atoms with Gasteiger partial charge in [-0.1, -0.05) is 0 Å². The van der Waals surface area contributed by atoms with Crippen LogP contribution in [0.25, 0.3) is 10.9 Å². The number of fused-ring (bicyclic) bond motifs is 1. The number of nitrogens with two attached hydrogens (primary N) is 1. The van der Waals surface area contributed by atoms with E-state index in [0.29, 0.717) is 23.6 Å². The van der Waals surface area contributed by atoms with Gasteiger partial charge in [-0.15, -0.1) is 0 Å². The highest BCUT2D eigenvalue weighted by Crippen LogP contribution is 2.20. The summed E-state index contributed by atoms with van der Waals surface area (Å²) in [5, 5.41) is 3.48. The van der Waals surface area contributed by atoms with Crippen molar-refractivity contribution in [3.63, 3.8) is 0 Å². The smallest absolute Gasteiger partial charge is 0.407 e. The summed E-state index contributed by atoms with van der Waals surface area (Å²) >= 11 is 0. The molecule has 0 aliphatic heterocycles. The topological polar surface area (TPSA) is 99.2 Å². The van der Waals surface area contributed by atoms with Crippen LogP contribution in [0.15, 0.2) is 48.8 Å².